The lowest BCUT2D eigenvalue weighted by Crippen LogP contribution is -1.88. The van der Waals surface area contributed by atoms with E-state index in [1.165, 1.54) is 6.08 Å². The van der Waals surface area contributed by atoms with E-state index in [4.69, 9.17) is 5.11 Å². The number of carboxylic acids is 1. The van der Waals surface area contributed by atoms with Crippen molar-refractivity contribution in [1.82, 2.24) is 0 Å². The van der Waals surface area contributed by atoms with Gasteiger partial charge in [-0.25, -0.2) is 9.18 Å². The fraction of sp³-hybridized carbons (Fsp3) is 0. The molecule has 0 heterocycles. The first-order valence-electron chi connectivity index (χ1n) is 2.01. The number of carboxylic acid groups (broad SMARTS) is 1. The predicted octanol–water partition coefficient (Wildman–Crippen LogP) is 0.864. The van der Waals surface area contributed by atoms with Crippen molar-refractivity contribution in [2.24, 2.45) is 0 Å². The summed E-state index contributed by atoms with van der Waals surface area (Å²) in [7, 11) is 0. The molecule has 0 saturated heterocycles. The van der Waals surface area contributed by atoms with Crippen molar-refractivity contribution in [3.05, 3.63) is 23.6 Å². The molecule has 0 aromatic carbocycles. The standard InChI is InChI=1S/C5H3FO2/c6-2-3-1-4(3)5(7)8/h1-2H,(H,7,8)/b3-2+. The van der Waals surface area contributed by atoms with Crippen LogP contribution < -0.4 is 0 Å². The van der Waals surface area contributed by atoms with Crippen LogP contribution in [0.5, 0.6) is 0 Å². The zero-order valence-electron chi connectivity index (χ0n) is 3.89. The number of carbonyl (C=O) groups is 1. The Kier molecular flexibility index (Phi) is 0.901. The maximum Gasteiger partial charge on any atom is 0.336 e. The first-order valence-corrected chi connectivity index (χ1v) is 2.01. The van der Waals surface area contributed by atoms with Gasteiger partial charge in [-0.3, -0.25) is 0 Å². The van der Waals surface area contributed by atoms with Gasteiger partial charge in [0.2, 0.25) is 0 Å². The zero-order valence-corrected chi connectivity index (χ0v) is 3.89. The van der Waals surface area contributed by atoms with E-state index in [2.05, 4.69) is 0 Å². The summed E-state index contributed by atoms with van der Waals surface area (Å²) < 4.78 is 11.3. The minimum absolute atomic E-state index is 0.0764. The van der Waals surface area contributed by atoms with Crippen molar-refractivity contribution in [1.29, 1.82) is 0 Å². The number of halogens is 1. The summed E-state index contributed by atoms with van der Waals surface area (Å²) in [6.45, 7) is 0. The third kappa shape index (κ3) is 0.621. The van der Waals surface area contributed by atoms with Crippen LogP contribution >= 0.6 is 0 Å². The molecule has 8 heavy (non-hydrogen) atoms. The average molecular weight is 114 g/mol. The SMILES string of the molecule is O=C(O)C1=CC/1=C\F. The molecule has 3 heteroatoms. The fourth-order valence-corrected chi connectivity index (χ4v) is 0.395. The van der Waals surface area contributed by atoms with E-state index in [-0.39, 0.29) is 17.5 Å². The number of rotatable bonds is 1. The molecule has 1 aliphatic carbocycles. The van der Waals surface area contributed by atoms with Crippen LogP contribution in [0, 0.1) is 0 Å². The third-order valence-corrected chi connectivity index (χ3v) is 0.875. The third-order valence-electron chi connectivity index (χ3n) is 0.875. The minimum atomic E-state index is -1.06. The number of allylic oxidation sites excluding steroid dienone is 1. The molecule has 42 valence electrons. The van der Waals surface area contributed by atoms with Crippen LogP contribution in [0.4, 0.5) is 4.39 Å². The normalized spacial score (nSPS) is 20.6. The summed E-state index contributed by atoms with van der Waals surface area (Å²) in [5.74, 6) is -1.06. The van der Waals surface area contributed by atoms with E-state index in [0.29, 0.717) is 0 Å². The van der Waals surface area contributed by atoms with Gasteiger partial charge in [-0.05, 0) is 6.08 Å². The second kappa shape index (κ2) is 1.43. The smallest absolute Gasteiger partial charge is 0.336 e. The van der Waals surface area contributed by atoms with E-state index in [0.717, 1.165) is 0 Å². The van der Waals surface area contributed by atoms with Gasteiger partial charge in [0.1, 0.15) is 0 Å². The summed E-state index contributed by atoms with van der Waals surface area (Å²) in [6, 6.07) is 0. The van der Waals surface area contributed by atoms with E-state index in [1.807, 2.05) is 0 Å². The lowest BCUT2D eigenvalue weighted by Gasteiger charge is -1.74. The van der Waals surface area contributed by atoms with Gasteiger partial charge in [0, 0.05) is 5.57 Å². The molecule has 0 unspecified atom stereocenters. The van der Waals surface area contributed by atoms with E-state index < -0.39 is 5.97 Å². The molecule has 0 bridgehead atoms. The second-order valence-corrected chi connectivity index (χ2v) is 1.43. The zero-order chi connectivity index (χ0) is 6.15. The Bertz CT molecular complexity index is 191. The van der Waals surface area contributed by atoms with Crippen molar-refractivity contribution in [2.75, 3.05) is 0 Å². The molecule has 0 radical (unpaired) electrons. The summed E-state index contributed by atoms with van der Waals surface area (Å²) in [4.78, 5) is 9.86. The minimum Gasteiger partial charge on any atom is -0.478 e. The maximum absolute atomic E-state index is 11.3. The van der Waals surface area contributed by atoms with E-state index in [1.54, 1.807) is 0 Å². The van der Waals surface area contributed by atoms with Crippen molar-refractivity contribution >= 4 is 5.97 Å². The molecule has 0 atom stereocenters. The van der Waals surface area contributed by atoms with Crippen molar-refractivity contribution in [3.63, 3.8) is 0 Å². The van der Waals surface area contributed by atoms with E-state index in [9.17, 15) is 9.18 Å². The van der Waals surface area contributed by atoms with Gasteiger partial charge in [0.05, 0.1) is 11.9 Å². The molecule has 1 N–H and O–H groups in total. The van der Waals surface area contributed by atoms with Gasteiger partial charge in [0.15, 0.2) is 0 Å². The summed E-state index contributed by atoms with van der Waals surface area (Å²) >= 11 is 0. The summed E-state index contributed by atoms with van der Waals surface area (Å²) in [5.41, 5.74) is 0.269. The summed E-state index contributed by atoms with van der Waals surface area (Å²) in [5, 5.41) is 8.08. The van der Waals surface area contributed by atoms with Gasteiger partial charge >= 0.3 is 5.97 Å². The van der Waals surface area contributed by atoms with Gasteiger partial charge < -0.3 is 5.11 Å². The van der Waals surface area contributed by atoms with Crippen LogP contribution in [0.25, 0.3) is 0 Å². The molecule has 2 nitrogen and oxygen atoms in total. The maximum atomic E-state index is 11.3. The Labute approximate surface area is 44.9 Å². The summed E-state index contributed by atoms with van der Waals surface area (Å²) in [6.07, 6.45) is 1.55. The topological polar surface area (TPSA) is 37.3 Å². The number of hydrogen-bond donors (Lipinski definition) is 1. The molecule has 0 aliphatic heterocycles. The van der Waals surface area contributed by atoms with Gasteiger partial charge in [-0.15, -0.1) is 0 Å². The molecule has 0 amide bonds. The Morgan fingerprint density at radius 2 is 2.50 bits per heavy atom. The molecule has 0 aromatic heterocycles. The second-order valence-electron chi connectivity index (χ2n) is 1.43. The van der Waals surface area contributed by atoms with Gasteiger partial charge in [0.25, 0.3) is 0 Å². The van der Waals surface area contributed by atoms with Crippen LogP contribution in [-0.4, -0.2) is 11.1 Å². The largest absolute Gasteiger partial charge is 0.478 e. The van der Waals surface area contributed by atoms with Crippen LogP contribution in [0.2, 0.25) is 0 Å². The lowest BCUT2D eigenvalue weighted by molar-refractivity contribution is -0.131. The van der Waals surface area contributed by atoms with Crippen molar-refractivity contribution < 1.29 is 14.3 Å². The van der Waals surface area contributed by atoms with Crippen molar-refractivity contribution in [2.45, 2.75) is 0 Å². The number of hydrogen-bond acceptors (Lipinski definition) is 1. The Morgan fingerprint density at radius 1 is 1.88 bits per heavy atom. The highest BCUT2D eigenvalue weighted by Gasteiger charge is 2.23. The first-order chi connectivity index (χ1) is 3.75. The molecule has 0 saturated carbocycles. The van der Waals surface area contributed by atoms with Crippen molar-refractivity contribution in [3.8, 4) is 0 Å². The van der Waals surface area contributed by atoms with Gasteiger partial charge in [-0.1, -0.05) is 0 Å². The fourth-order valence-electron chi connectivity index (χ4n) is 0.395. The van der Waals surface area contributed by atoms with Crippen LogP contribution in [0.15, 0.2) is 23.6 Å². The Balaban J connectivity index is 2.60. The molecule has 0 aromatic rings. The molecule has 1 rings (SSSR count). The highest BCUT2D eigenvalue weighted by molar-refractivity contribution is 6.00. The highest BCUT2D eigenvalue weighted by Crippen LogP contribution is 2.27. The Hall–Kier alpha value is -1.12. The van der Waals surface area contributed by atoms with E-state index >= 15 is 0 Å². The Morgan fingerprint density at radius 3 is 2.62 bits per heavy atom. The molecule has 1 aliphatic rings. The first kappa shape index (κ1) is 5.03. The predicted molar refractivity (Wildman–Crippen MR) is 24.9 cm³/mol. The monoisotopic (exact) mass is 114 g/mol. The van der Waals surface area contributed by atoms with Gasteiger partial charge in [-0.2, -0.15) is 0 Å². The molecular weight excluding hydrogens is 111 g/mol. The average Bonchev–Trinajstić information content (AvgIpc) is 2.42. The number of aliphatic carboxylic acids is 1. The lowest BCUT2D eigenvalue weighted by atomic mass is 10.4. The van der Waals surface area contributed by atoms with Crippen LogP contribution in [-0.2, 0) is 4.79 Å². The molecule has 0 fully saturated rings. The molecule has 0 spiro atoms. The van der Waals surface area contributed by atoms with Crippen LogP contribution in [0.3, 0.4) is 0 Å². The van der Waals surface area contributed by atoms with Crippen LogP contribution in [0.1, 0.15) is 0 Å². The molecular formula is C5H3FO2. The highest BCUT2D eigenvalue weighted by atomic mass is 19.1. The quantitative estimate of drug-likeness (QED) is 0.549.